The van der Waals surface area contributed by atoms with Gasteiger partial charge in [0.25, 0.3) is 5.88 Å². The molecule has 3 rings (SSSR count). The fraction of sp³-hybridized carbons (Fsp3) is 0.684. The van der Waals surface area contributed by atoms with Crippen molar-refractivity contribution in [3.8, 4) is 11.8 Å². The van der Waals surface area contributed by atoms with E-state index in [9.17, 15) is 22.4 Å². The second-order valence-corrected chi connectivity index (χ2v) is 7.46. The Balaban J connectivity index is 1.65. The lowest BCUT2D eigenvalue weighted by Gasteiger charge is -2.30. The van der Waals surface area contributed by atoms with E-state index in [0.717, 1.165) is 25.5 Å². The summed E-state index contributed by atoms with van der Waals surface area (Å²) in [6, 6.07) is 0.863. The van der Waals surface area contributed by atoms with Crippen LogP contribution in [0.1, 0.15) is 44.1 Å². The first-order valence-electron chi connectivity index (χ1n) is 9.75. The van der Waals surface area contributed by atoms with Crippen LogP contribution >= 0.6 is 0 Å². The SMILES string of the molecule is COc1nc(O[C@H]2CCC[C@@H](C(F)(F)F)C2)c(F)cc1CNC(=O)[C@@H]1CCCN1. The highest BCUT2D eigenvalue weighted by Gasteiger charge is 2.43. The van der Waals surface area contributed by atoms with Crippen LogP contribution in [0.4, 0.5) is 17.6 Å². The lowest BCUT2D eigenvalue weighted by molar-refractivity contribution is -0.188. The van der Waals surface area contributed by atoms with Crippen LogP contribution in [-0.4, -0.2) is 42.9 Å². The van der Waals surface area contributed by atoms with Crippen molar-refractivity contribution in [1.29, 1.82) is 0 Å². The number of carbonyl (C=O) groups is 1. The quantitative estimate of drug-likeness (QED) is 0.694. The molecule has 2 aliphatic rings. The molecule has 1 saturated heterocycles. The van der Waals surface area contributed by atoms with Crippen LogP contribution in [0.5, 0.6) is 11.8 Å². The number of carbonyl (C=O) groups excluding carboxylic acids is 1. The summed E-state index contributed by atoms with van der Waals surface area (Å²) >= 11 is 0. The second-order valence-electron chi connectivity index (χ2n) is 7.46. The monoisotopic (exact) mass is 419 g/mol. The second kappa shape index (κ2) is 9.15. The molecule has 3 atom stereocenters. The van der Waals surface area contributed by atoms with E-state index in [0.29, 0.717) is 18.4 Å². The molecule has 1 aromatic heterocycles. The zero-order valence-electron chi connectivity index (χ0n) is 16.2. The number of alkyl halides is 3. The van der Waals surface area contributed by atoms with Crippen LogP contribution in [0.15, 0.2) is 6.07 Å². The Hall–Kier alpha value is -2.10. The van der Waals surface area contributed by atoms with Crippen molar-refractivity contribution in [3.63, 3.8) is 0 Å². The molecule has 1 aromatic rings. The number of pyridine rings is 1. The molecule has 1 amide bonds. The van der Waals surface area contributed by atoms with E-state index in [4.69, 9.17) is 9.47 Å². The molecule has 2 heterocycles. The number of amides is 1. The predicted octanol–water partition coefficient (Wildman–Crippen LogP) is 3.10. The molecule has 0 aromatic carbocycles. The predicted molar refractivity (Wildman–Crippen MR) is 96.0 cm³/mol. The molecule has 29 heavy (non-hydrogen) atoms. The van der Waals surface area contributed by atoms with Gasteiger partial charge in [0.2, 0.25) is 11.8 Å². The van der Waals surface area contributed by atoms with Gasteiger partial charge in [-0.2, -0.15) is 18.2 Å². The number of nitrogens with one attached hydrogen (secondary N) is 2. The average Bonchev–Trinajstić information content (AvgIpc) is 3.22. The third kappa shape index (κ3) is 5.49. The molecule has 0 spiro atoms. The van der Waals surface area contributed by atoms with Crippen molar-refractivity contribution in [3.05, 3.63) is 17.4 Å². The topological polar surface area (TPSA) is 72.5 Å². The van der Waals surface area contributed by atoms with Crippen molar-refractivity contribution in [2.75, 3.05) is 13.7 Å². The van der Waals surface area contributed by atoms with Gasteiger partial charge in [0, 0.05) is 12.1 Å². The third-order valence-electron chi connectivity index (χ3n) is 5.37. The van der Waals surface area contributed by atoms with Crippen LogP contribution < -0.4 is 20.1 Å². The number of halogens is 4. The number of methoxy groups -OCH3 is 1. The highest BCUT2D eigenvalue weighted by atomic mass is 19.4. The number of hydrogen-bond donors (Lipinski definition) is 2. The molecule has 2 fully saturated rings. The van der Waals surface area contributed by atoms with E-state index in [1.165, 1.54) is 7.11 Å². The highest BCUT2D eigenvalue weighted by Crippen LogP contribution is 2.39. The highest BCUT2D eigenvalue weighted by molar-refractivity contribution is 5.82. The fourth-order valence-corrected chi connectivity index (χ4v) is 3.80. The summed E-state index contributed by atoms with van der Waals surface area (Å²) in [6.07, 6.45) is -2.81. The molecular formula is C19H25F4N3O3. The number of ether oxygens (including phenoxy) is 2. The van der Waals surface area contributed by atoms with Crippen LogP contribution in [0.25, 0.3) is 0 Å². The standard InChI is InChI=1S/C19H25F4N3O3/c1-28-17-11(10-25-16(27)15-6-3-7-24-15)8-14(20)18(26-17)29-13-5-2-4-12(9-13)19(21,22)23/h8,12-13,15,24H,2-7,9-10H2,1H3,(H,25,27)/t12-,13+,15+/m1/s1. The van der Waals surface area contributed by atoms with Gasteiger partial charge < -0.3 is 20.1 Å². The van der Waals surface area contributed by atoms with Gasteiger partial charge in [-0.1, -0.05) is 0 Å². The van der Waals surface area contributed by atoms with Gasteiger partial charge in [0.15, 0.2) is 5.82 Å². The zero-order chi connectivity index (χ0) is 21.0. The van der Waals surface area contributed by atoms with Crippen LogP contribution in [-0.2, 0) is 11.3 Å². The van der Waals surface area contributed by atoms with Crippen molar-refractivity contribution < 1.29 is 31.8 Å². The molecule has 0 radical (unpaired) electrons. The molecule has 6 nitrogen and oxygen atoms in total. The fourth-order valence-electron chi connectivity index (χ4n) is 3.80. The lowest BCUT2D eigenvalue weighted by atomic mass is 9.87. The zero-order valence-corrected chi connectivity index (χ0v) is 16.2. The minimum Gasteiger partial charge on any atom is -0.481 e. The molecule has 0 bridgehead atoms. The van der Waals surface area contributed by atoms with E-state index in [1.54, 1.807) is 0 Å². The normalized spacial score (nSPS) is 24.9. The van der Waals surface area contributed by atoms with E-state index in [2.05, 4.69) is 15.6 Å². The summed E-state index contributed by atoms with van der Waals surface area (Å²) in [7, 11) is 1.34. The summed E-state index contributed by atoms with van der Waals surface area (Å²) in [6.45, 7) is 0.796. The molecule has 10 heteroatoms. The minimum absolute atomic E-state index is 0.0178. The van der Waals surface area contributed by atoms with Crippen molar-refractivity contribution >= 4 is 5.91 Å². The van der Waals surface area contributed by atoms with E-state index >= 15 is 0 Å². The molecule has 1 aliphatic heterocycles. The Bertz CT molecular complexity index is 723. The van der Waals surface area contributed by atoms with Gasteiger partial charge >= 0.3 is 6.18 Å². The lowest BCUT2D eigenvalue weighted by Crippen LogP contribution is -2.40. The number of nitrogens with zero attached hydrogens (tertiary/aromatic N) is 1. The van der Waals surface area contributed by atoms with Gasteiger partial charge in [-0.15, -0.1) is 0 Å². The Morgan fingerprint density at radius 1 is 1.28 bits per heavy atom. The van der Waals surface area contributed by atoms with Crippen LogP contribution in [0.3, 0.4) is 0 Å². The molecule has 1 saturated carbocycles. The van der Waals surface area contributed by atoms with E-state index in [-0.39, 0.29) is 43.1 Å². The van der Waals surface area contributed by atoms with E-state index < -0.39 is 24.0 Å². The largest absolute Gasteiger partial charge is 0.481 e. The maximum absolute atomic E-state index is 14.5. The Labute approximate surface area is 166 Å². The van der Waals surface area contributed by atoms with Crippen molar-refractivity contribution in [2.24, 2.45) is 5.92 Å². The van der Waals surface area contributed by atoms with Crippen LogP contribution in [0.2, 0.25) is 0 Å². The summed E-state index contributed by atoms with van der Waals surface area (Å²) in [5.74, 6) is -2.77. The first-order valence-corrected chi connectivity index (χ1v) is 9.75. The Morgan fingerprint density at radius 3 is 2.72 bits per heavy atom. The van der Waals surface area contributed by atoms with Crippen molar-refractivity contribution in [2.45, 2.75) is 63.4 Å². The third-order valence-corrected chi connectivity index (χ3v) is 5.37. The molecule has 1 aliphatic carbocycles. The molecule has 162 valence electrons. The summed E-state index contributed by atoms with van der Waals surface area (Å²) < 4.78 is 64.0. The first-order chi connectivity index (χ1) is 13.8. The maximum atomic E-state index is 14.5. The Morgan fingerprint density at radius 2 is 2.07 bits per heavy atom. The molecular weight excluding hydrogens is 394 g/mol. The number of aromatic nitrogens is 1. The number of hydrogen-bond acceptors (Lipinski definition) is 5. The van der Waals surface area contributed by atoms with E-state index in [1.807, 2.05) is 0 Å². The van der Waals surface area contributed by atoms with Crippen molar-refractivity contribution in [1.82, 2.24) is 15.6 Å². The first kappa shape index (κ1) is 21.6. The summed E-state index contributed by atoms with van der Waals surface area (Å²) in [5, 5.41) is 5.78. The molecule has 2 N–H and O–H groups in total. The minimum atomic E-state index is -4.29. The van der Waals surface area contributed by atoms with Crippen LogP contribution in [0, 0.1) is 11.7 Å². The number of rotatable bonds is 6. The van der Waals surface area contributed by atoms with Gasteiger partial charge in [0.1, 0.15) is 6.10 Å². The van der Waals surface area contributed by atoms with Gasteiger partial charge in [-0.05, 0) is 51.1 Å². The maximum Gasteiger partial charge on any atom is 0.391 e. The summed E-state index contributed by atoms with van der Waals surface area (Å²) in [5.41, 5.74) is 0.320. The van der Waals surface area contributed by atoms with Gasteiger partial charge in [0.05, 0.1) is 19.1 Å². The van der Waals surface area contributed by atoms with Gasteiger partial charge in [-0.25, -0.2) is 4.39 Å². The summed E-state index contributed by atoms with van der Waals surface area (Å²) in [4.78, 5) is 16.1. The van der Waals surface area contributed by atoms with Gasteiger partial charge in [-0.3, -0.25) is 4.79 Å². The smallest absolute Gasteiger partial charge is 0.391 e. The molecule has 0 unspecified atom stereocenters. The Kier molecular flexibility index (Phi) is 6.81. The average molecular weight is 419 g/mol.